The number of amides is 2. The molecule has 26 heavy (non-hydrogen) atoms. The van der Waals surface area contributed by atoms with Crippen molar-refractivity contribution in [2.45, 2.75) is 18.9 Å². The van der Waals surface area contributed by atoms with Gasteiger partial charge in [0, 0.05) is 42.4 Å². The quantitative estimate of drug-likeness (QED) is 0.762. The third kappa shape index (κ3) is 3.26. The minimum Gasteiger partial charge on any atom is -0.354 e. The zero-order valence-electron chi connectivity index (χ0n) is 14.1. The maximum atomic E-state index is 12.9. The number of aromatic nitrogens is 2. The molecule has 2 amide bonds. The van der Waals surface area contributed by atoms with Gasteiger partial charge in [0.15, 0.2) is 0 Å². The monoisotopic (exact) mass is 346 g/mol. The standard InChI is InChI=1S/C20H18N4O2/c25-19-6-5-14(12-22-19)23-20(26)16-11-18(13-7-9-21-10-8-13)24-17-4-2-1-3-15(16)17/h1-4,7-11,14H,5-6,12H2,(H,22,25)(H,23,26). The summed E-state index contributed by atoms with van der Waals surface area (Å²) >= 11 is 0. The fourth-order valence-electron chi connectivity index (χ4n) is 3.15. The van der Waals surface area contributed by atoms with Crippen LogP contribution in [0.2, 0.25) is 0 Å². The minimum absolute atomic E-state index is 0.0323. The summed E-state index contributed by atoms with van der Waals surface area (Å²) in [6.07, 6.45) is 4.50. The molecule has 1 aliphatic rings. The van der Waals surface area contributed by atoms with E-state index in [1.807, 2.05) is 42.5 Å². The molecule has 0 aliphatic carbocycles. The molecule has 1 aromatic carbocycles. The fourth-order valence-corrected chi connectivity index (χ4v) is 3.15. The summed E-state index contributed by atoms with van der Waals surface area (Å²) in [6.45, 7) is 0.463. The van der Waals surface area contributed by atoms with Gasteiger partial charge in [-0.05, 0) is 30.7 Å². The average molecular weight is 346 g/mol. The highest BCUT2D eigenvalue weighted by atomic mass is 16.2. The summed E-state index contributed by atoms with van der Waals surface area (Å²) in [4.78, 5) is 32.9. The Morgan fingerprint density at radius 2 is 1.96 bits per heavy atom. The second-order valence-corrected chi connectivity index (χ2v) is 6.32. The van der Waals surface area contributed by atoms with Crippen LogP contribution < -0.4 is 10.6 Å². The molecule has 1 aliphatic heterocycles. The van der Waals surface area contributed by atoms with E-state index in [0.29, 0.717) is 24.9 Å². The Morgan fingerprint density at radius 3 is 2.73 bits per heavy atom. The van der Waals surface area contributed by atoms with E-state index in [1.165, 1.54) is 0 Å². The highest BCUT2D eigenvalue weighted by molar-refractivity contribution is 6.07. The van der Waals surface area contributed by atoms with Gasteiger partial charge in [-0.25, -0.2) is 4.98 Å². The molecule has 0 radical (unpaired) electrons. The second-order valence-electron chi connectivity index (χ2n) is 6.32. The molecule has 3 heterocycles. The number of nitrogens with zero attached hydrogens (tertiary/aromatic N) is 2. The van der Waals surface area contributed by atoms with Gasteiger partial charge in [-0.3, -0.25) is 14.6 Å². The van der Waals surface area contributed by atoms with Gasteiger partial charge in [0.25, 0.3) is 5.91 Å². The number of piperidine rings is 1. The Morgan fingerprint density at radius 1 is 1.15 bits per heavy atom. The molecular weight excluding hydrogens is 328 g/mol. The third-order valence-electron chi connectivity index (χ3n) is 4.54. The first-order valence-corrected chi connectivity index (χ1v) is 8.58. The molecule has 1 fully saturated rings. The number of carbonyl (C=O) groups is 2. The van der Waals surface area contributed by atoms with Crippen molar-refractivity contribution in [3.05, 3.63) is 60.4 Å². The van der Waals surface area contributed by atoms with E-state index in [0.717, 1.165) is 22.2 Å². The molecule has 6 nitrogen and oxygen atoms in total. The number of para-hydroxylation sites is 1. The Balaban J connectivity index is 1.71. The lowest BCUT2D eigenvalue weighted by molar-refractivity contribution is -0.122. The number of nitrogens with one attached hydrogen (secondary N) is 2. The molecule has 130 valence electrons. The highest BCUT2D eigenvalue weighted by Gasteiger charge is 2.21. The smallest absolute Gasteiger partial charge is 0.252 e. The van der Waals surface area contributed by atoms with E-state index < -0.39 is 0 Å². The van der Waals surface area contributed by atoms with Crippen molar-refractivity contribution in [1.29, 1.82) is 0 Å². The lowest BCUT2D eigenvalue weighted by Gasteiger charge is -2.23. The van der Waals surface area contributed by atoms with E-state index in [9.17, 15) is 9.59 Å². The number of carbonyl (C=O) groups excluding carboxylic acids is 2. The predicted octanol–water partition coefficient (Wildman–Crippen LogP) is 2.31. The number of rotatable bonds is 3. The zero-order valence-corrected chi connectivity index (χ0v) is 14.1. The van der Waals surface area contributed by atoms with Crippen molar-refractivity contribution in [1.82, 2.24) is 20.6 Å². The minimum atomic E-state index is -0.153. The van der Waals surface area contributed by atoms with Crippen LogP contribution in [0.3, 0.4) is 0 Å². The molecule has 0 bridgehead atoms. The number of hydrogen-bond donors (Lipinski definition) is 2. The van der Waals surface area contributed by atoms with Crippen LogP contribution in [0.5, 0.6) is 0 Å². The maximum Gasteiger partial charge on any atom is 0.252 e. The molecule has 4 rings (SSSR count). The first-order valence-electron chi connectivity index (χ1n) is 8.58. The van der Waals surface area contributed by atoms with Crippen molar-refractivity contribution in [3.8, 4) is 11.3 Å². The van der Waals surface area contributed by atoms with Crippen molar-refractivity contribution in [3.63, 3.8) is 0 Å². The molecule has 2 N–H and O–H groups in total. The molecule has 6 heteroatoms. The summed E-state index contributed by atoms with van der Waals surface area (Å²) in [6, 6.07) is 13.1. The molecule has 0 spiro atoms. The fraction of sp³-hybridized carbons (Fsp3) is 0.200. The molecular formula is C20H18N4O2. The van der Waals surface area contributed by atoms with Gasteiger partial charge in [0.2, 0.25) is 5.91 Å². The second kappa shape index (κ2) is 6.92. The normalized spacial score (nSPS) is 16.9. The van der Waals surface area contributed by atoms with Gasteiger partial charge in [-0.1, -0.05) is 18.2 Å². The summed E-state index contributed by atoms with van der Waals surface area (Å²) in [7, 11) is 0. The first kappa shape index (κ1) is 16.2. The number of pyridine rings is 2. The SMILES string of the molecule is O=C1CCC(NC(=O)c2cc(-c3ccncc3)nc3ccccc23)CN1. The predicted molar refractivity (Wildman–Crippen MR) is 98.5 cm³/mol. The van der Waals surface area contributed by atoms with Gasteiger partial charge in [-0.2, -0.15) is 0 Å². The van der Waals surface area contributed by atoms with E-state index in [1.54, 1.807) is 12.4 Å². The molecule has 2 aromatic heterocycles. The summed E-state index contributed by atoms with van der Waals surface area (Å²) < 4.78 is 0. The Labute approximate surface area is 150 Å². The van der Waals surface area contributed by atoms with Crippen molar-refractivity contribution in [2.75, 3.05) is 6.54 Å². The van der Waals surface area contributed by atoms with E-state index in [2.05, 4.69) is 20.6 Å². The van der Waals surface area contributed by atoms with Crippen LogP contribution in [-0.2, 0) is 4.79 Å². The Bertz CT molecular complexity index is 962. The first-order chi connectivity index (χ1) is 12.7. The summed E-state index contributed by atoms with van der Waals surface area (Å²) in [5.74, 6) is -0.120. The number of fused-ring (bicyclic) bond motifs is 1. The zero-order chi connectivity index (χ0) is 17.9. The van der Waals surface area contributed by atoms with E-state index >= 15 is 0 Å². The van der Waals surface area contributed by atoms with Gasteiger partial charge < -0.3 is 10.6 Å². The summed E-state index contributed by atoms with van der Waals surface area (Å²) in [5, 5.41) is 6.63. The molecule has 1 atom stereocenters. The molecule has 1 saturated heterocycles. The van der Waals surface area contributed by atoms with Crippen LogP contribution in [0, 0.1) is 0 Å². The van der Waals surface area contributed by atoms with Gasteiger partial charge in [0.05, 0.1) is 16.8 Å². The Hall–Kier alpha value is -3.28. The van der Waals surface area contributed by atoms with Gasteiger partial charge >= 0.3 is 0 Å². The topological polar surface area (TPSA) is 84.0 Å². The van der Waals surface area contributed by atoms with E-state index in [4.69, 9.17) is 0 Å². The third-order valence-corrected chi connectivity index (χ3v) is 4.54. The van der Waals surface area contributed by atoms with Crippen LogP contribution in [0.1, 0.15) is 23.2 Å². The largest absolute Gasteiger partial charge is 0.354 e. The van der Waals surface area contributed by atoms with E-state index in [-0.39, 0.29) is 17.9 Å². The maximum absolute atomic E-state index is 12.9. The van der Waals surface area contributed by atoms with Crippen molar-refractivity contribution < 1.29 is 9.59 Å². The van der Waals surface area contributed by atoms with Gasteiger partial charge in [0.1, 0.15) is 0 Å². The van der Waals surface area contributed by atoms with Crippen LogP contribution in [-0.4, -0.2) is 34.4 Å². The lowest BCUT2D eigenvalue weighted by Crippen LogP contribution is -2.47. The number of benzene rings is 1. The van der Waals surface area contributed by atoms with Crippen LogP contribution in [0.25, 0.3) is 22.2 Å². The Kier molecular flexibility index (Phi) is 4.31. The lowest BCUT2D eigenvalue weighted by atomic mass is 10.0. The van der Waals surface area contributed by atoms with Gasteiger partial charge in [-0.15, -0.1) is 0 Å². The molecule has 3 aromatic rings. The molecule has 0 saturated carbocycles. The van der Waals surface area contributed by atoms with Crippen molar-refractivity contribution >= 4 is 22.7 Å². The average Bonchev–Trinajstić information content (AvgIpc) is 2.69. The van der Waals surface area contributed by atoms with Crippen LogP contribution in [0.15, 0.2) is 54.9 Å². The van der Waals surface area contributed by atoms with Crippen LogP contribution in [0.4, 0.5) is 0 Å². The number of hydrogen-bond acceptors (Lipinski definition) is 4. The summed E-state index contributed by atoms with van der Waals surface area (Å²) in [5.41, 5.74) is 2.99. The highest BCUT2D eigenvalue weighted by Crippen LogP contribution is 2.24. The van der Waals surface area contributed by atoms with Crippen LogP contribution >= 0.6 is 0 Å². The van der Waals surface area contributed by atoms with Crippen molar-refractivity contribution in [2.24, 2.45) is 0 Å². The molecule has 1 unspecified atom stereocenters.